The van der Waals surface area contributed by atoms with Gasteiger partial charge < -0.3 is 15.0 Å². The number of carbonyl (C=O) groups excluding carboxylic acids is 1. The van der Waals surface area contributed by atoms with Crippen LogP contribution in [0.2, 0.25) is 0 Å². The molecule has 0 radical (unpaired) electrons. The summed E-state index contributed by atoms with van der Waals surface area (Å²) in [5, 5.41) is 8.59. The molecule has 2 aliphatic heterocycles. The van der Waals surface area contributed by atoms with Gasteiger partial charge in [-0.2, -0.15) is 16.9 Å². The van der Waals surface area contributed by atoms with Crippen molar-refractivity contribution in [3.05, 3.63) is 52.8 Å². The first-order valence-corrected chi connectivity index (χ1v) is 13.1. The van der Waals surface area contributed by atoms with Gasteiger partial charge >= 0.3 is 0 Å². The molecule has 3 heterocycles. The number of hydrogen-bond donors (Lipinski definition) is 1. The maximum absolute atomic E-state index is 13.2. The lowest BCUT2D eigenvalue weighted by molar-refractivity contribution is 0.0486. The number of thioether (sulfide) groups is 1. The molecule has 32 heavy (non-hydrogen) atoms. The van der Waals surface area contributed by atoms with Gasteiger partial charge in [-0.15, -0.1) is 0 Å². The van der Waals surface area contributed by atoms with Crippen molar-refractivity contribution in [3.63, 3.8) is 0 Å². The Labute approximate surface area is 195 Å². The van der Waals surface area contributed by atoms with Crippen molar-refractivity contribution in [1.82, 2.24) is 20.0 Å². The van der Waals surface area contributed by atoms with Crippen LogP contribution in [0.4, 0.5) is 0 Å². The number of aryl methyl sites for hydroxylation is 1. The predicted molar refractivity (Wildman–Crippen MR) is 128 cm³/mol. The van der Waals surface area contributed by atoms with Crippen LogP contribution in [-0.2, 0) is 30.0 Å². The fourth-order valence-electron chi connectivity index (χ4n) is 5.51. The number of ether oxygens (including phenoxy) is 1. The lowest BCUT2D eigenvalue weighted by Crippen LogP contribution is -2.47. The van der Waals surface area contributed by atoms with Gasteiger partial charge in [-0.3, -0.25) is 9.48 Å². The number of aromatic nitrogens is 2. The molecule has 3 aliphatic rings. The van der Waals surface area contributed by atoms with E-state index in [2.05, 4.69) is 40.7 Å². The number of nitrogens with zero attached hydrogens (tertiary/aromatic N) is 3. The second kappa shape index (κ2) is 9.57. The summed E-state index contributed by atoms with van der Waals surface area (Å²) in [5.74, 6) is 2.17. The third kappa shape index (κ3) is 4.35. The molecule has 5 rings (SSSR count). The van der Waals surface area contributed by atoms with E-state index in [0.29, 0.717) is 11.7 Å². The maximum Gasteiger partial charge on any atom is 0.274 e. The lowest BCUT2D eigenvalue weighted by atomic mass is 9.73. The zero-order valence-corrected chi connectivity index (χ0v) is 19.8. The van der Waals surface area contributed by atoms with E-state index in [-0.39, 0.29) is 11.3 Å². The Morgan fingerprint density at radius 3 is 2.72 bits per heavy atom. The average Bonchev–Trinajstić information content (AvgIpc) is 3.19. The van der Waals surface area contributed by atoms with Crippen molar-refractivity contribution in [2.24, 2.45) is 7.05 Å². The Morgan fingerprint density at radius 2 is 1.97 bits per heavy atom. The lowest BCUT2D eigenvalue weighted by Gasteiger charge is -2.39. The highest BCUT2D eigenvalue weighted by atomic mass is 32.2. The second-order valence-electron chi connectivity index (χ2n) is 9.38. The zero-order chi connectivity index (χ0) is 22.0. The molecule has 1 atom stereocenters. The van der Waals surface area contributed by atoms with E-state index in [0.717, 1.165) is 76.5 Å². The third-order valence-corrected chi connectivity index (χ3v) is 8.46. The second-order valence-corrected chi connectivity index (χ2v) is 10.6. The number of benzene rings is 1. The molecule has 7 heteroatoms. The van der Waals surface area contributed by atoms with Gasteiger partial charge in [-0.25, -0.2) is 0 Å². The summed E-state index contributed by atoms with van der Waals surface area (Å²) in [6, 6.07) is 11.3. The number of rotatable bonds is 5. The SMILES string of the molecule is Cn1nc(C(=O)N2CCSCC2)c2c1CC[C@@H](NCC1(c3ccccc3)CCOCC1)C2. The largest absolute Gasteiger partial charge is 0.381 e. The van der Waals surface area contributed by atoms with Crippen LogP contribution < -0.4 is 5.32 Å². The molecule has 0 saturated carbocycles. The molecular weight excluding hydrogens is 420 g/mol. The van der Waals surface area contributed by atoms with Crippen LogP contribution in [0.15, 0.2) is 30.3 Å². The maximum atomic E-state index is 13.2. The molecule has 1 N–H and O–H groups in total. The van der Waals surface area contributed by atoms with Crippen molar-refractivity contribution in [3.8, 4) is 0 Å². The Morgan fingerprint density at radius 1 is 1.22 bits per heavy atom. The van der Waals surface area contributed by atoms with Crippen molar-refractivity contribution < 1.29 is 9.53 Å². The number of carbonyl (C=O) groups is 1. The summed E-state index contributed by atoms with van der Waals surface area (Å²) in [6.07, 6.45) is 5.04. The van der Waals surface area contributed by atoms with Crippen LogP contribution in [-0.4, -0.2) is 71.0 Å². The van der Waals surface area contributed by atoms with Crippen LogP contribution in [0.5, 0.6) is 0 Å². The minimum absolute atomic E-state index is 0.119. The molecule has 1 aromatic heterocycles. The average molecular weight is 455 g/mol. The Balaban J connectivity index is 1.31. The van der Waals surface area contributed by atoms with E-state index in [1.165, 1.54) is 16.8 Å². The molecule has 2 saturated heterocycles. The third-order valence-electron chi connectivity index (χ3n) is 7.52. The first-order valence-electron chi connectivity index (χ1n) is 11.9. The zero-order valence-electron chi connectivity index (χ0n) is 19.0. The quantitative estimate of drug-likeness (QED) is 0.753. The van der Waals surface area contributed by atoms with Crippen LogP contribution in [0.3, 0.4) is 0 Å². The molecule has 0 spiro atoms. The summed E-state index contributed by atoms with van der Waals surface area (Å²) < 4.78 is 7.65. The van der Waals surface area contributed by atoms with Crippen LogP contribution in [0.25, 0.3) is 0 Å². The van der Waals surface area contributed by atoms with Crippen molar-refractivity contribution in [2.45, 2.75) is 43.6 Å². The summed E-state index contributed by atoms with van der Waals surface area (Å²) in [4.78, 5) is 15.2. The smallest absolute Gasteiger partial charge is 0.274 e. The Bertz CT molecular complexity index is 933. The van der Waals surface area contributed by atoms with Gasteiger partial charge in [-0.05, 0) is 37.7 Å². The first-order chi connectivity index (χ1) is 15.7. The summed E-state index contributed by atoms with van der Waals surface area (Å²) in [5.41, 5.74) is 4.62. The van der Waals surface area contributed by atoms with Gasteiger partial charge in [0.15, 0.2) is 5.69 Å². The molecule has 6 nitrogen and oxygen atoms in total. The molecule has 2 aromatic rings. The highest BCUT2D eigenvalue weighted by Gasteiger charge is 2.36. The summed E-state index contributed by atoms with van der Waals surface area (Å²) >= 11 is 1.93. The van der Waals surface area contributed by atoms with Gasteiger partial charge in [-0.1, -0.05) is 30.3 Å². The fourth-order valence-corrected chi connectivity index (χ4v) is 6.42. The topological polar surface area (TPSA) is 59.4 Å². The Kier molecular flexibility index (Phi) is 6.58. The summed E-state index contributed by atoms with van der Waals surface area (Å²) in [7, 11) is 1.99. The first kappa shape index (κ1) is 22.0. The van der Waals surface area contributed by atoms with E-state index >= 15 is 0 Å². The van der Waals surface area contributed by atoms with E-state index in [9.17, 15) is 4.79 Å². The van der Waals surface area contributed by atoms with E-state index < -0.39 is 0 Å². The number of hydrogen-bond acceptors (Lipinski definition) is 5. The monoisotopic (exact) mass is 454 g/mol. The molecule has 2 fully saturated rings. The van der Waals surface area contributed by atoms with Crippen molar-refractivity contribution in [1.29, 1.82) is 0 Å². The minimum Gasteiger partial charge on any atom is -0.381 e. The minimum atomic E-state index is 0.119. The molecule has 1 amide bonds. The number of nitrogens with one attached hydrogen (secondary N) is 1. The number of amides is 1. The van der Waals surface area contributed by atoms with E-state index in [1.807, 2.05) is 28.4 Å². The molecule has 0 unspecified atom stereocenters. The van der Waals surface area contributed by atoms with Crippen LogP contribution in [0, 0.1) is 0 Å². The van der Waals surface area contributed by atoms with Gasteiger partial charge in [0, 0.05) is 74.1 Å². The predicted octanol–water partition coefficient (Wildman–Crippen LogP) is 2.80. The molecule has 1 aromatic carbocycles. The normalized spacial score (nSPS) is 23.0. The molecule has 1 aliphatic carbocycles. The highest BCUT2D eigenvalue weighted by Crippen LogP contribution is 2.35. The van der Waals surface area contributed by atoms with Gasteiger partial charge in [0.1, 0.15) is 0 Å². The van der Waals surface area contributed by atoms with E-state index in [1.54, 1.807) is 0 Å². The highest BCUT2D eigenvalue weighted by molar-refractivity contribution is 7.99. The van der Waals surface area contributed by atoms with Crippen molar-refractivity contribution in [2.75, 3.05) is 44.4 Å². The summed E-state index contributed by atoms with van der Waals surface area (Å²) in [6.45, 7) is 4.26. The Hall–Kier alpha value is -1.83. The molecule has 0 bridgehead atoms. The number of fused-ring (bicyclic) bond motifs is 1. The van der Waals surface area contributed by atoms with E-state index in [4.69, 9.17) is 4.74 Å². The van der Waals surface area contributed by atoms with Crippen molar-refractivity contribution >= 4 is 17.7 Å². The van der Waals surface area contributed by atoms with Gasteiger partial charge in [0.2, 0.25) is 0 Å². The molecular formula is C25H34N4O2S. The van der Waals surface area contributed by atoms with Crippen LogP contribution >= 0.6 is 11.8 Å². The molecule has 172 valence electrons. The fraction of sp³-hybridized carbons (Fsp3) is 0.600. The van der Waals surface area contributed by atoms with Gasteiger partial charge in [0.05, 0.1) is 0 Å². The standard InChI is InChI=1S/C25H34N4O2S/c1-28-22-8-7-20(17-21(22)23(27-28)24(30)29-11-15-32-16-12-29)26-18-25(9-13-31-14-10-25)19-5-3-2-4-6-19/h2-6,20,26H,7-18H2,1H3/t20-/m1/s1. The van der Waals surface area contributed by atoms with Crippen LogP contribution in [0.1, 0.15) is 46.6 Å². The van der Waals surface area contributed by atoms with Gasteiger partial charge in [0.25, 0.3) is 5.91 Å².